The monoisotopic (exact) mass is 314 g/mol. The molecule has 116 valence electrons. The van der Waals surface area contributed by atoms with Crippen molar-refractivity contribution in [2.45, 2.75) is 50.9 Å². The zero-order valence-corrected chi connectivity index (χ0v) is 13.7. The molecule has 3 rings (SSSR count). The van der Waals surface area contributed by atoms with Crippen LogP contribution in [0.3, 0.4) is 0 Å². The molecule has 0 saturated heterocycles. The van der Waals surface area contributed by atoms with Crippen LogP contribution in [0.4, 0.5) is 0 Å². The first kappa shape index (κ1) is 15.2. The quantitative estimate of drug-likeness (QED) is 0.661. The van der Waals surface area contributed by atoms with Crippen LogP contribution in [-0.2, 0) is 0 Å². The van der Waals surface area contributed by atoms with Gasteiger partial charge in [0.2, 0.25) is 4.77 Å². The summed E-state index contributed by atoms with van der Waals surface area (Å²) in [4.78, 5) is 0. The number of benzene rings is 1. The molecule has 1 fully saturated rings. The van der Waals surface area contributed by atoms with E-state index in [0.29, 0.717) is 10.7 Å². The van der Waals surface area contributed by atoms with Gasteiger partial charge < -0.3 is 0 Å². The van der Waals surface area contributed by atoms with Crippen molar-refractivity contribution in [2.24, 2.45) is 5.10 Å². The van der Waals surface area contributed by atoms with Crippen molar-refractivity contribution in [1.29, 1.82) is 0 Å². The van der Waals surface area contributed by atoms with Gasteiger partial charge in [-0.2, -0.15) is 14.9 Å². The molecule has 0 radical (unpaired) electrons. The van der Waals surface area contributed by atoms with Gasteiger partial charge in [0, 0.05) is 18.1 Å². The molecule has 1 N–H and O–H groups in total. The minimum Gasteiger partial charge on any atom is -0.250 e. The summed E-state index contributed by atoms with van der Waals surface area (Å²) < 4.78 is 2.39. The van der Waals surface area contributed by atoms with E-state index in [0.717, 1.165) is 5.82 Å². The number of H-pyrrole nitrogens is 1. The molecule has 0 amide bonds. The lowest BCUT2D eigenvalue weighted by Crippen LogP contribution is -2.10. The molecule has 1 aromatic heterocycles. The number of aromatic amines is 1. The molecular formula is C17H22N4S. The van der Waals surface area contributed by atoms with E-state index < -0.39 is 0 Å². The number of hydrogen-bond acceptors (Lipinski definition) is 3. The predicted molar refractivity (Wildman–Crippen MR) is 92.0 cm³/mol. The normalized spacial score (nSPS) is 17.9. The SMILES string of the molecule is C[C@H](/C=N\n1c(C2CCCCC2)n[nH]c1=S)c1ccccc1. The fourth-order valence-corrected chi connectivity index (χ4v) is 3.24. The van der Waals surface area contributed by atoms with Crippen molar-refractivity contribution in [2.75, 3.05) is 0 Å². The fraction of sp³-hybridized carbons (Fsp3) is 0.471. The van der Waals surface area contributed by atoms with Crippen molar-refractivity contribution in [3.63, 3.8) is 0 Å². The molecule has 1 heterocycles. The molecule has 1 aliphatic rings. The molecular weight excluding hydrogens is 292 g/mol. The number of nitrogens with one attached hydrogen (secondary N) is 1. The van der Waals surface area contributed by atoms with Crippen molar-refractivity contribution in [1.82, 2.24) is 14.9 Å². The van der Waals surface area contributed by atoms with Crippen LogP contribution in [0.2, 0.25) is 0 Å². The Morgan fingerprint density at radius 3 is 2.73 bits per heavy atom. The van der Waals surface area contributed by atoms with Gasteiger partial charge in [0.15, 0.2) is 5.82 Å². The Labute approximate surface area is 136 Å². The Kier molecular flexibility index (Phi) is 4.83. The second kappa shape index (κ2) is 7.01. The van der Waals surface area contributed by atoms with Gasteiger partial charge in [0.1, 0.15) is 0 Å². The molecule has 22 heavy (non-hydrogen) atoms. The first-order valence-electron chi connectivity index (χ1n) is 8.02. The highest BCUT2D eigenvalue weighted by Crippen LogP contribution is 2.31. The summed E-state index contributed by atoms with van der Waals surface area (Å²) in [6.07, 6.45) is 8.19. The lowest BCUT2D eigenvalue weighted by Gasteiger charge is -2.20. The molecule has 1 atom stereocenters. The molecule has 2 aromatic rings. The first-order chi connectivity index (χ1) is 10.8. The zero-order chi connectivity index (χ0) is 15.4. The third-order valence-corrected chi connectivity index (χ3v) is 4.64. The van der Waals surface area contributed by atoms with Gasteiger partial charge in [-0.3, -0.25) is 5.10 Å². The van der Waals surface area contributed by atoms with Crippen molar-refractivity contribution in [3.05, 3.63) is 46.5 Å². The largest absolute Gasteiger partial charge is 0.250 e. The van der Waals surface area contributed by atoms with Gasteiger partial charge in [-0.05, 0) is 30.6 Å². The van der Waals surface area contributed by atoms with Crippen LogP contribution in [0.1, 0.15) is 62.3 Å². The first-order valence-corrected chi connectivity index (χ1v) is 8.43. The van der Waals surface area contributed by atoms with Gasteiger partial charge in [-0.15, -0.1) is 0 Å². The van der Waals surface area contributed by atoms with Gasteiger partial charge >= 0.3 is 0 Å². The smallest absolute Gasteiger partial charge is 0.216 e. The third kappa shape index (κ3) is 3.35. The summed E-state index contributed by atoms with van der Waals surface area (Å²) in [6, 6.07) is 10.4. The highest BCUT2D eigenvalue weighted by Gasteiger charge is 2.21. The van der Waals surface area contributed by atoms with Crippen LogP contribution in [0.15, 0.2) is 35.4 Å². The van der Waals surface area contributed by atoms with E-state index in [1.165, 1.54) is 37.7 Å². The maximum atomic E-state index is 5.34. The van der Waals surface area contributed by atoms with Gasteiger partial charge in [-0.25, -0.2) is 0 Å². The molecule has 1 saturated carbocycles. The number of nitrogens with zero attached hydrogens (tertiary/aromatic N) is 3. The second-order valence-electron chi connectivity index (χ2n) is 6.00. The Bertz CT molecular complexity index is 680. The molecule has 0 spiro atoms. The maximum Gasteiger partial charge on any atom is 0.216 e. The molecule has 5 heteroatoms. The lowest BCUT2D eigenvalue weighted by molar-refractivity contribution is 0.419. The van der Waals surface area contributed by atoms with Crippen molar-refractivity contribution < 1.29 is 0 Å². The van der Waals surface area contributed by atoms with Gasteiger partial charge in [-0.1, -0.05) is 56.5 Å². The minimum atomic E-state index is 0.247. The summed E-state index contributed by atoms with van der Waals surface area (Å²) >= 11 is 5.34. The average Bonchev–Trinajstić information content (AvgIpc) is 2.95. The van der Waals surface area contributed by atoms with Crippen LogP contribution < -0.4 is 0 Å². The highest BCUT2D eigenvalue weighted by molar-refractivity contribution is 7.71. The molecule has 1 aromatic carbocycles. The van der Waals surface area contributed by atoms with Crippen molar-refractivity contribution >= 4 is 18.4 Å². The Morgan fingerprint density at radius 1 is 1.27 bits per heavy atom. The molecule has 0 bridgehead atoms. The topological polar surface area (TPSA) is 46.0 Å². The standard InChI is InChI=1S/C17H22N4S/c1-13(14-8-4-2-5-9-14)12-18-21-16(19-20-17(21)22)15-10-6-3-7-11-15/h2,4-5,8-9,12-13,15H,3,6-7,10-11H2,1H3,(H,20,22)/b18-12-/t13-/m1/s1. The van der Waals surface area contributed by atoms with E-state index in [2.05, 4.69) is 46.5 Å². The van der Waals surface area contributed by atoms with Crippen LogP contribution in [0.5, 0.6) is 0 Å². The second-order valence-corrected chi connectivity index (χ2v) is 6.38. The summed E-state index contributed by atoms with van der Waals surface area (Å²) in [6.45, 7) is 2.14. The van der Waals surface area contributed by atoms with E-state index in [1.54, 1.807) is 0 Å². The van der Waals surface area contributed by atoms with Gasteiger partial charge in [0.05, 0.1) is 0 Å². The molecule has 0 unspecified atom stereocenters. The summed E-state index contributed by atoms with van der Waals surface area (Å²) in [5.41, 5.74) is 1.25. The number of rotatable bonds is 4. The highest BCUT2D eigenvalue weighted by atomic mass is 32.1. The van der Waals surface area contributed by atoms with E-state index in [-0.39, 0.29) is 5.92 Å². The third-order valence-electron chi connectivity index (χ3n) is 4.38. The minimum absolute atomic E-state index is 0.247. The Hall–Kier alpha value is -1.75. The number of aromatic nitrogens is 3. The van der Waals surface area contributed by atoms with Gasteiger partial charge in [0.25, 0.3) is 0 Å². The molecule has 1 aliphatic carbocycles. The Morgan fingerprint density at radius 2 is 2.00 bits per heavy atom. The predicted octanol–water partition coefficient (Wildman–Crippen LogP) is 4.63. The molecule has 4 nitrogen and oxygen atoms in total. The van der Waals surface area contributed by atoms with Crippen molar-refractivity contribution in [3.8, 4) is 0 Å². The van der Waals surface area contributed by atoms with Crippen LogP contribution >= 0.6 is 12.2 Å². The summed E-state index contributed by atoms with van der Waals surface area (Å²) in [5, 5.41) is 11.9. The van der Waals surface area contributed by atoms with E-state index >= 15 is 0 Å². The zero-order valence-electron chi connectivity index (χ0n) is 12.9. The summed E-state index contributed by atoms with van der Waals surface area (Å²) in [5.74, 6) is 1.71. The lowest BCUT2D eigenvalue weighted by atomic mass is 9.89. The Balaban J connectivity index is 1.81. The van der Waals surface area contributed by atoms with Crippen LogP contribution in [0.25, 0.3) is 0 Å². The van der Waals surface area contributed by atoms with Crippen LogP contribution in [0, 0.1) is 4.77 Å². The maximum absolute atomic E-state index is 5.34. The average molecular weight is 314 g/mol. The van der Waals surface area contributed by atoms with Crippen LogP contribution in [-0.4, -0.2) is 21.1 Å². The van der Waals surface area contributed by atoms with E-state index in [4.69, 9.17) is 12.2 Å². The fourth-order valence-electron chi connectivity index (χ4n) is 3.05. The number of hydrogen-bond donors (Lipinski definition) is 1. The summed E-state index contributed by atoms with van der Waals surface area (Å²) in [7, 11) is 0. The van der Waals surface area contributed by atoms with E-state index in [1.807, 2.05) is 17.0 Å². The molecule has 0 aliphatic heterocycles. The van der Waals surface area contributed by atoms with E-state index in [9.17, 15) is 0 Å².